The summed E-state index contributed by atoms with van der Waals surface area (Å²) in [6, 6.07) is 3.78. The van der Waals surface area contributed by atoms with E-state index in [0.29, 0.717) is 10.2 Å². The Labute approximate surface area is 94.8 Å². The number of pyridine rings is 1. The molecule has 2 aromatic heterocycles. The molecule has 2 aromatic rings. The minimum atomic E-state index is 0.517. The van der Waals surface area contributed by atoms with E-state index in [1.165, 1.54) is 12.5 Å². The molecule has 0 N–H and O–H groups in total. The quantitative estimate of drug-likeness (QED) is 0.738. The molecular formula is C10H5BrN4. The molecule has 2 heterocycles. The summed E-state index contributed by atoms with van der Waals surface area (Å²) < 4.78 is 0.689. The zero-order chi connectivity index (χ0) is 10.7. The Morgan fingerprint density at radius 1 is 1.20 bits per heavy atom. The van der Waals surface area contributed by atoms with Crippen LogP contribution in [-0.4, -0.2) is 15.0 Å². The third-order valence-corrected chi connectivity index (χ3v) is 2.47. The number of hydrogen-bond acceptors (Lipinski definition) is 4. The normalized spacial score (nSPS) is 9.60. The Morgan fingerprint density at radius 3 is 2.80 bits per heavy atom. The maximum atomic E-state index is 8.75. The van der Waals surface area contributed by atoms with Gasteiger partial charge in [-0.2, -0.15) is 5.26 Å². The summed E-state index contributed by atoms with van der Waals surface area (Å²) in [5, 5.41) is 8.75. The van der Waals surface area contributed by atoms with Crippen molar-refractivity contribution < 1.29 is 0 Å². The van der Waals surface area contributed by atoms with Gasteiger partial charge in [-0.25, -0.2) is 9.97 Å². The van der Waals surface area contributed by atoms with E-state index in [1.54, 1.807) is 18.5 Å². The summed E-state index contributed by atoms with van der Waals surface area (Å²) >= 11 is 3.32. The van der Waals surface area contributed by atoms with Gasteiger partial charge in [0.05, 0.1) is 5.56 Å². The largest absolute Gasteiger partial charge is 0.263 e. The third kappa shape index (κ3) is 2.00. The van der Waals surface area contributed by atoms with Gasteiger partial charge in [-0.3, -0.25) is 4.98 Å². The predicted octanol–water partition coefficient (Wildman–Crippen LogP) is 2.17. The predicted molar refractivity (Wildman–Crippen MR) is 57.7 cm³/mol. The van der Waals surface area contributed by atoms with Crippen molar-refractivity contribution in [1.29, 1.82) is 5.26 Å². The van der Waals surface area contributed by atoms with Crippen LogP contribution in [-0.2, 0) is 0 Å². The molecular weight excluding hydrogens is 256 g/mol. The molecule has 0 aliphatic carbocycles. The Morgan fingerprint density at radius 2 is 2.07 bits per heavy atom. The summed E-state index contributed by atoms with van der Waals surface area (Å²) in [5.74, 6) is 0. The van der Waals surface area contributed by atoms with Gasteiger partial charge in [0.15, 0.2) is 0 Å². The van der Waals surface area contributed by atoms with Gasteiger partial charge < -0.3 is 0 Å². The highest BCUT2D eigenvalue weighted by molar-refractivity contribution is 9.10. The second-order valence-electron chi connectivity index (χ2n) is 2.80. The highest BCUT2D eigenvalue weighted by atomic mass is 79.9. The highest BCUT2D eigenvalue weighted by Gasteiger charge is 2.04. The molecule has 0 radical (unpaired) electrons. The van der Waals surface area contributed by atoms with Gasteiger partial charge in [0.2, 0.25) is 0 Å². The van der Waals surface area contributed by atoms with Crippen LogP contribution in [0.2, 0.25) is 0 Å². The number of halogens is 1. The maximum absolute atomic E-state index is 8.75. The molecule has 0 saturated carbocycles. The van der Waals surface area contributed by atoms with Crippen LogP contribution in [0.5, 0.6) is 0 Å². The number of rotatable bonds is 1. The van der Waals surface area contributed by atoms with E-state index in [1.807, 2.05) is 6.07 Å². The van der Waals surface area contributed by atoms with Crippen LogP contribution in [0.3, 0.4) is 0 Å². The molecule has 0 saturated heterocycles. The lowest BCUT2D eigenvalue weighted by Crippen LogP contribution is -1.87. The topological polar surface area (TPSA) is 62.5 Å². The molecule has 0 atom stereocenters. The Balaban J connectivity index is 2.55. The Kier molecular flexibility index (Phi) is 2.70. The number of hydrogen-bond donors (Lipinski definition) is 0. The molecule has 72 valence electrons. The van der Waals surface area contributed by atoms with Crippen LogP contribution in [0.25, 0.3) is 11.1 Å². The molecule has 0 aliphatic heterocycles. The first kappa shape index (κ1) is 9.74. The van der Waals surface area contributed by atoms with Crippen LogP contribution < -0.4 is 0 Å². The fourth-order valence-electron chi connectivity index (χ4n) is 1.16. The van der Waals surface area contributed by atoms with E-state index in [2.05, 4.69) is 30.9 Å². The van der Waals surface area contributed by atoms with Crippen molar-refractivity contribution in [2.24, 2.45) is 0 Å². The number of nitriles is 1. The molecule has 5 heteroatoms. The van der Waals surface area contributed by atoms with Crippen LogP contribution >= 0.6 is 15.9 Å². The van der Waals surface area contributed by atoms with E-state index in [4.69, 9.17) is 5.26 Å². The lowest BCUT2D eigenvalue weighted by molar-refractivity contribution is 1.14. The fourth-order valence-corrected chi connectivity index (χ4v) is 1.58. The first-order valence-corrected chi connectivity index (χ1v) is 4.91. The van der Waals surface area contributed by atoms with Gasteiger partial charge in [0.1, 0.15) is 17.0 Å². The SMILES string of the molecule is N#Cc1cncc(-c2cncnc2Br)c1. The molecule has 0 aliphatic rings. The zero-order valence-corrected chi connectivity index (χ0v) is 9.14. The van der Waals surface area contributed by atoms with Crippen molar-refractivity contribution in [3.05, 3.63) is 41.2 Å². The monoisotopic (exact) mass is 260 g/mol. The lowest BCUT2D eigenvalue weighted by atomic mass is 10.1. The van der Waals surface area contributed by atoms with Gasteiger partial charge in [-0.05, 0) is 22.0 Å². The van der Waals surface area contributed by atoms with Crippen molar-refractivity contribution >= 4 is 15.9 Å². The van der Waals surface area contributed by atoms with Crippen LogP contribution in [0.1, 0.15) is 5.56 Å². The van der Waals surface area contributed by atoms with Gasteiger partial charge in [0, 0.05) is 29.7 Å². The molecule has 0 amide bonds. The van der Waals surface area contributed by atoms with Gasteiger partial charge in [-0.15, -0.1) is 0 Å². The summed E-state index contributed by atoms with van der Waals surface area (Å²) in [6.07, 6.45) is 6.32. The molecule has 15 heavy (non-hydrogen) atoms. The van der Waals surface area contributed by atoms with Crippen molar-refractivity contribution in [2.45, 2.75) is 0 Å². The Hall–Kier alpha value is -1.80. The second kappa shape index (κ2) is 4.15. The summed E-state index contributed by atoms with van der Waals surface area (Å²) in [6.45, 7) is 0. The Bertz CT molecular complexity index is 533. The molecule has 2 rings (SSSR count). The molecule has 0 spiro atoms. The smallest absolute Gasteiger partial charge is 0.117 e. The average molecular weight is 261 g/mol. The van der Waals surface area contributed by atoms with Gasteiger partial charge >= 0.3 is 0 Å². The molecule has 0 bridgehead atoms. The summed E-state index contributed by atoms with van der Waals surface area (Å²) in [5.41, 5.74) is 2.16. The van der Waals surface area contributed by atoms with E-state index in [0.717, 1.165) is 11.1 Å². The first-order chi connectivity index (χ1) is 7.31. The van der Waals surface area contributed by atoms with Crippen LogP contribution in [0.15, 0.2) is 35.6 Å². The van der Waals surface area contributed by atoms with Crippen molar-refractivity contribution in [3.63, 3.8) is 0 Å². The third-order valence-electron chi connectivity index (χ3n) is 1.84. The minimum Gasteiger partial charge on any atom is -0.263 e. The first-order valence-electron chi connectivity index (χ1n) is 4.12. The van der Waals surface area contributed by atoms with Crippen LogP contribution in [0.4, 0.5) is 0 Å². The van der Waals surface area contributed by atoms with E-state index < -0.39 is 0 Å². The molecule has 0 fully saturated rings. The van der Waals surface area contributed by atoms with E-state index >= 15 is 0 Å². The lowest BCUT2D eigenvalue weighted by Gasteiger charge is -2.01. The number of aromatic nitrogens is 3. The van der Waals surface area contributed by atoms with Gasteiger partial charge in [0.25, 0.3) is 0 Å². The van der Waals surface area contributed by atoms with E-state index in [-0.39, 0.29) is 0 Å². The standard InChI is InChI=1S/C10H5BrN4/c11-10-9(5-14-6-15-10)8-1-7(2-12)3-13-4-8/h1,3-6H. The molecule has 4 nitrogen and oxygen atoms in total. The van der Waals surface area contributed by atoms with Crippen molar-refractivity contribution in [1.82, 2.24) is 15.0 Å². The molecule has 0 aromatic carbocycles. The molecule has 0 unspecified atom stereocenters. The maximum Gasteiger partial charge on any atom is 0.117 e. The zero-order valence-electron chi connectivity index (χ0n) is 7.55. The average Bonchev–Trinajstić information content (AvgIpc) is 2.30. The number of nitrogens with zero attached hydrogens (tertiary/aromatic N) is 4. The highest BCUT2D eigenvalue weighted by Crippen LogP contribution is 2.24. The van der Waals surface area contributed by atoms with Gasteiger partial charge in [-0.1, -0.05) is 0 Å². The van der Waals surface area contributed by atoms with Crippen molar-refractivity contribution in [2.75, 3.05) is 0 Å². The van der Waals surface area contributed by atoms with E-state index in [9.17, 15) is 0 Å². The summed E-state index contributed by atoms with van der Waals surface area (Å²) in [7, 11) is 0. The van der Waals surface area contributed by atoms with Crippen LogP contribution in [0, 0.1) is 11.3 Å². The minimum absolute atomic E-state index is 0.517. The van der Waals surface area contributed by atoms with Crippen molar-refractivity contribution in [3.8, 4) is 17.2 Å². The summed E-state index contributed by atoms with van der Waals surface area (Å²) in [4.78, 5) is 11.9. The fraction of sp³-hybridized carbons (Fsp3) is 0. The second-order valence-corrected chi connectivity index (χ2v) is 3.55.